The Balaban J connectivity index is 1.83. The van der Waals surface area contributed by atoms with E-state index in [2.05, 4.69) is 15.0 Å². The number of methoxy groups -OCH3 is 1. The van der Waals surface area contributed by atoms with Crippen LogP contribution < -0.4 is 5.32 Å². The Labute approximate surface area is 180 Å². The number of carbonyl (C=O) groups excluding carboxylic acids is 2. The number of hydrogen-bond acceptors (Lipinski definition) is 7. The van der Waals surface area contributed by atoms with E-state index in [1.165, 1.54) is 13.2 Å². The van der Waals surface area contributed by atoms with Crippen LogP contribution in [0.3, 0.4) is 0 Å². The molecule has 1 heterocycles. The van der Waals surface area contributed by atoms with Crippen molar-refractivity contribution >= 4 is 23.3 Å². The number of carbonyl (C=O) groups is 2. The number of rotatable bonds is 6. The fraction of sp³-hybridized carbons (Fsp3) is 0.364. The van der Waals surface area contributed by atoms with E-state index in [0.717, 1.165) is 30.8 Å². The van der Waals surface area contributed by atoms with Crippen LogP contribution in [0.15, 0.2) is 42.5 Å². The maximum atomic E-state index is 12.9. The molecule has 0 spiro atoms. The summed E-state index contributed by atoms with van der Waals surface area (Å²) in [6.45, 7) is 6.23. The molecule has 164 valence electrons. The summed E-state index contributed by atoms with van der Waals surface area (Å²) in [5, 5.41) is 14.0. The van der Waals surface area contributed by atoms with E-state index in [9.17, 15) is 19.7 Å². The maximum absolute atomic E-state index is 12.9. The molecule has 1 fully saturated rings. The van der Waals surface area contributed by atoms with Crippen molar-refractivity contribution in [1.82, 2.24) is 4.90 Å². The highest BCUT2D eigenvalue weighted by molar-refractivity contribution is 6.06. The number of ether oxygens (including phenoxy) is 2. The summed E-state index contributed by atoms with van der Waals surface area (Å²) in [7, 11) is 1.17. The molecule has 0 aliphatic carbocycles. The van der Waals surface area contributed by atoms with E-state index in [1.807, 2.05) is 26.0 Å². The van der Waals surface area contributed by atoms with Gasteiger partial charge in [0.15, 0.2) is 0 Å². The van der Waals surface area contributed by atoms with Crippen LogP contribution in [0.2, 0.25) is 0 Å². The first-order valence-corrected chi connectivity index (χ1v) is 9.91. The van der Waals surface area contributed by atoms with Crippen molar-refractivity contribution in [3.8, 4) is 0 Å². The molecule has 2 aromatic carbocycles. The van der Waals surface area contributed by atoms with Crippen LogP contribution in [-0.4, -0.2) is 54.1 Å². The Kier molecular flexibility index (Phi) is 6.98. The number of para-hydroxylation sites is 1. The third-order valence-corrected chi connectivity index (χ3v) is 4.97. The van der Waals surface area contributed by atoms with Crippen molar-refractivity contribution in [2.45, 2.75) is 32.6 Å². The van der Waals surface area contributed by atoms with Crippen molar-refractivity contribution in [1.29, 1.82) is 0 Å². The number of nitro benzene ring substituents is 1. The second-order valence-electron chi connectivity index (χ2n) is 7.58. The number of hydrogen-bond donors (Lipinski definition) is 1. The Morgan fingerprint density at radius 1 is 1.16 bits per heavy atom. The lowest BCUT2D eigenvalue weighted by Crippen LogP contribution is -2.44. The van der Waals surface area contributed by atoms with Gasteiger partial charge in [0.2, 0.25) is 0 Å². The van der Waals surface area contributed by atoms with Gasteiger partial charge < -0.3 is 14.8 Å². The molecule has 1 aliphatic heterocycles. The van der Waals surface area contributed by atoms with Gasteiger partial charge in [0.05, 0.1) is 29.8 Å². The highest BCUT2D eigenvalue weighted by Crippen LogP contribution is 2.23. The van der Waals surface area contributed by atoms with Gasteiger partial charge in [-0.15, -0.1) is 0 Å². The average molecular weight is 427 g/mol. The Hall–Kier alpha value is -3.30. The van der Waals surface area contributed by atoms with E-state index in [1.54, 1.807) is 12.1 Å². The van der Waals surface area contributed by atoms with Crippen molar-refractivity contribution < 1.29 is 24.0 Å². The summed E-state index contributed by atoms with van der Waals surface area (Å²) in [6.07, 6.45) is 0.235. The van der Waals surface area contributed by atoms with Gasteiger partial charge in [0.25, 0.3) is 11.6 Å². The number of benzene rings is 2. The van der Waals surface area contributed by atoms with Crippen molar-refractivity contribution in [3.05, 3.63) is 69.3 Å². The first kappa shape index (κ1) is 22.4. The highest BCUT2D eigenvalue weighted by Gasteiger charge is 2.23. The molecule has 0 bridgehead atoms. The highest BCUT2D eigenvalue weighted by atomic mass is 16.6. The van der Waals surface area contributed by atoms with Crippen molar-refractivity contribution in [2.24, 2.45) is 0 Å². The molecule has 2 atom stereocenters. The smallest absolute Gasteiger partial charge is 0.338 e. The number of nitrogens with zero attached hydrogens (tertiary/aromatic N) is 2. The van der Waals surface area contributed by atoms with Gasteiger partial charge in [0, 0.05) is 43.0 Å². The third-order valence-electron chi connectivity index (χ3n) is 4.97. The molecule has 9 heteroatoms. The average Bonchev–Trinajstić information content (AvgIpc) is 2.73. The standard InChI is InChI=1S/C22H25N3O6/c1-14-11-24(12-15(2)31-14)13-16-6-4-5-7-20(16)23-21(26)17-8-18(22(27)30-3)10-19(9-17)25(28)29/h4-10,14-15H,11-13H2,1-3H3,(H,23,26). The largest absolute Gasteiger partial charge is 0.465 e. The molecule has 0 radical (unpaired) electrons. The van der Waals surface area contributed by atoms with Gasteiger partial charge in [-0.2, -0.15) is 0 Å². The van der Waals surface area contributed by atoms with E-state index < -0.39 is 16.8 Å². The molecule has 1 aliphatic rings. The number of anilines is 1. The zero-order valence-corrected chi connectivity index (χ0v) is 17.7. The number of amides is 1. The lowest BCUT2D eigenvalue weighted by molar-refractivity contribution is -0.384. The molecule has 0 aromatic heterocycles. The van der Waals surface area contributed by atoms with E-state index in [-0.39, 0.29) is 29.0 Å². The molecule has 1 N–H and O–H groups in total. The number of nitro groups is 1. The second-order valence-corrected chi connectivity index (χ2v) is 7.58. The summed E-state index contributed by atoms with van der Waals surface area (Å²) in [6, 6.07) is 10.9. The number of esters is 1. The van der Waals surface area contributed by atoms with Gasteiger partial charge in [-0.1, -0.05) is 18.2 Å². The minimum atomic E-state index is -0.756. The maximum Gasteiger partial charge on any atom is 0.338 e. The molecular weight excluding hydrogens is 402 g/mol. The number of nitrogens with one attached hydrogen (secondary N) is 1. The zero-order valence-electron chi connectivity index (χ0n) is 17.7. The van der Waals surface area contributed by atoms with Crippen LogP contribution in [0.25, 0.3) is 0 Å². The second kappa shape index (κ2) is 9.67. The van der Waals surface area contributed by atoms with Crippen LogP contribution in [0.1, 0.15) is 40.1 Å². The van der Waals surface area contributed by atoms with Gasteiger partial charge in [-0.3, -0.25) is 19.8 Å². The first-order chi connectivity index (χ1) is 14.8. The Morgan fingerprint density at radius 2 is 1.81 bits per heavy atom. The molecule has 1 saturated heterocycles. The van der Waals surface area contributed by atoms with Crippen molar-refractivity contribution in [2.75, 3.05) is 25.5 Å². The molecule has 31 heavy (non-hydrogen) atoms. The normalized spacial score (nSPS) is 18.9. The third kappa shape index (κ3) is 5.65. The van der Waals surface area contributed by atoms with Gasteiger partial charge >= 0.3 is 5.97 Å². The van der Waals surface area contributed by atoms with E-state index in [0.29, 0.717) is 12.2 Å². The van der Waals surface area contributed by atoms with Crippen LogP contribution in [0.5, 0.6) is 0 Å². The SMILES string of the molecule is COC(=O)c1cc(C(=O)Nc2ccccc2CN2CC(C)OC(C)C2)cc([N+](=O)[O-])c1. The van der Waals surface area contributed by atoms with Crippen LogP contribution in [-0.2, 0) is 16.0 Å². The van der Waals surface area contributed by atoms with Crippen molar-refractivity contribution in [3.63, 3.8) is 0 Å². The number of morpholine rings is 1. The minimum Gasteiger partial charge on any atom is -0.465 e. The first-order valence-electron chi connectivity index (χ1n) is 9.91. The monoisotopic (exact) mass is 427 g/mol. The molecular formula is C22H25N3O6. The van der Waals surface area contributed by atoms with Gasteiger partial charge in [-0.25, -0.2) is 4.79 Å². The Bertz CT molecular complexity index is 983. The van der Waals surface area contributed by atoms with E-state index in [4.69, 9.17) is 4.74 Å². The minimum absolute atomic E-state index is 0.00183. The lowest BCUT2D eigenvalue weighted by Gasteiger charge is -2.35. The fourth-order valence-electron chi connectivity index (χ4n) is 3.71. The molecule has 1 amide bonds. The van der Waals surface area contributed by atoms with Crippen LogP contribution >= 0.6 is 0 Å². The summed E-state index contributed by atoms with van der Waals surface area (Å²) >= 11 is 0. The molecule has 2 unspecified atom stereocenters. The summed E-state index contributed by atoms with van der Waals surface area (Å²) in [4.78, 5) is 37.6. The molecule has 9 nitrogen and oxygen atoms in total. The quantitative estimate of drug-likeness (QED) is 0.428. The molecule has 3 rings (SSSR count). The lowest BCUT2D eigenvalue weighted by atomic mass is 10.1. The van der Waals surface area contributed by atoms with Gasteiger partial charge in [0.1, 0.15) is 0 Å². The fourth-order valence-corrected chi connectivity index (χ4v) is 3.71. The predicted molar refractivity (Wildman–Crippen MR) is 114 cm³/mol. The predicted octanol–water partition coefficient (Wildman–Crippen LogP) is 3.24. The zero-order chi connectivity index (χ0) is 22.5. The molecule has 0 saturated carbocycles. The summed E-state index contributed by atoms with van der Waals surface area (Å²) in [5.41, 5.74) is 1.09. The van der Waals surface area contributed by atoms with E-state index >= 15 is 0 Å². The molecule has 2 aromatic rings. The number of non-ortho nitro benzene ring substituents is 1. The Morgan fingerprint density at radius 3 is 2.45 bits per heavy atom. The summed E-state index contributed by atoms with van der Waals surface area (Å²) in [5.74, 6) is -1.31. The van der Waals surface area contributed by atoms with Gasteiger partial charge in [-0.05, 0) is 31.5 Å². The van der Waals surface area contributed by atoms with Crippen LogP contribution in [0.4, 0.5) is 11.4 Å². The topological polar surface area (TPSA) is 111 Å². The van der Waals surface area contributed by atoms with Crippen LogP contribution in [0, 0.1) is 10.1 Å². The summed E-state index contributed by atoms with van der Waals surface area (Å²) < 4.78 is 10.4.